The molecule has 0 spiro atoms. The molecule has 0 N–H and O–H groups in total. The van der Waals surface area contributed by atoms with Crippen molar-refractivity contribution < 1.29 is 23.9 Å². The normalized spacial score (nSPS) is 46.8. The number of rotatable bonds is 5. The second-order valence-corrected chi connectivity index (χ2v) is 20.3. The van der Waals surface area contributed by atoms with Crippen LogP contribution in [0.5, 0.6) is 0 Å². The molecular weight excluding hydrogens is 634 g/mol. The summed E-state index contributed by atoms with van der Waals surface area (Å²) in [5.41, 5.74) is 1.09. The first-order valence-electron chi connectivity index (χ1n) is 20.4. The molecule has 9 rings (SSSR count). The Balaban J connectivity index is 1.05. The lowest BCUT2D eigenvalue weighted by atomic mass is 9.33. The molecule has 10 atom stereocenters. The predicted octanol–water partition coefficient (Wildman–Crippen LogP) is 8.96. The summed E-state index contributed by atoms with van der Waals surface area (Å²) in [5, 5.41) is 0. The van der Waals surface area contributed by atoms with Gasteiger partial charge in [-0.1, -0.05) is 77.4 Å². The second-order valence-electron chi connectivity index (χ2n) is 20.3. The molecule has 3 heterocycles. The minimum Gasteiger partial charge on any atom is -0.460 e. The van der Waals surface area contributed by atoms with E-state index in [0.29, 0.717) is 18.3 Å². The smallest absolute Gasteiger partial charge is 0.312 e. The van der Waals surface area contributed by atoms with E-state index in [4.69, 9.17) is 9.47 Å². The number of allylic oxidation sites excluding steroid dienone is 2. The molecule has 51 heavy (non-hydrogen) atoms. The van der Waals surface area contributed by atoms with Crippen LogP contribution >= 0.6 is 0 Å². The highest BCUT2D eigenvalue weighted by atomic mass is 16.5. The molecule has 3 aliphatic heterocycles. The number of carbonyl (C=O) groups is 3. The third-order valence-corrected chi connectivity index (χ3v) is 17.5. The average Bonchev–Trinajstić information content (AvgIpc) is 3.09. The van der Waals surface area contributed by atoms with Gasteiger partial charge >= 0.3 is 11.9 Å². The molecule has 0 amide bonds. The highest BCUT2D eigenvalue weighted by molar-refractivity contribution is 5.96. The standard InChI is InChI=1S/C45H63NO5/c1-40(2)31(38(48)51-35-27-46-23-15-30(35)16-24-46)13-17-43(5)36(40)14-18-45(7)37(43)34(47)25-32-33-26-42(4,20-19-41(33,3)21-22-44(32,45)6)39(49)50-28-29-11-9-8-10-12-29/h8-12,25,30-31,33,35-37H,13-24,26-28H2,1-7H3/t31-,33+,35+,36+,37?,41-,42+,43+,44-,45-/m1/s1. The first-order chi connectivity index (χ1) is 24.0. The number of ketones is 1. The van der Waals surface area contributed by atoms with E-state index < -0.39 is 5.41 Å². The molecule has 1 unspecified atom stereocenters. The summed E-state index contributed by atoms with van der Waals surface area (Å²) in [6.45, 7) is 19.9. The second kappa shape index (κ2) is 12.0. The van der Waals surface area contributed by atoms with Gasteiger partial charge in [0.15, 0.2) is 5.78 Å². The average molecular weight is 698 g/mol. The zero-order valence-corrected chi connectivity index (χ0v) is 32.5. The maximum Gasteiger partial charge on any atom is 0.312 e. The third kappa shape index (κ3) is 5.29. The van der Waals surface area contributed by atoms with Crippen molar-refractivity contribution in [3.8, 4) is 0 Å². The van der Waals surface area contributed by atoms with Gasteiger partial charge in [-0.05, 0) is 147 Å². The maximum atomic E-state index is 14.9. The van der Waals surface area contributed by atoms with Crippen LogP contribution < -0.4 is 0 Å². The molecule has 2 bridgehead atoms. The summed E-state index contributed by atoms with van der Waals surface area (Å²) in [7, 11) is 0. The van der Waals surface area contributed by atoms with E-state index in [0.717, 1.165) is 95.8 Å². The predicted molar refractivity (Wildman–Crippen MR) is 198 cm³/mol. The van der Waals surface area contributed by atoms with Crippen molar-refractivity contribution >= 4 is 17.7 Å². The minimum absolute atomic E-state index is 0.00691. The molecule has 5 aliphatic carbocycles. The molecule has 1 aromatic rings. The third-order valence-electron chi connectivity index (χ3n) is 17.5. The van der Waals surface area contributed by atoms with Crippen LogP contribution in [0, 0.1) is 62.1 Å². The molecule has 0 radical (unpaired) electrons. The molecule has 7 fully saturated rings. The van der Waals surface area contributed by atoms with Gasteiger partial charge in [0.05, 0.1) is 11.3 Å². The van der Waals surface area contributed by atoms with Gasteiger partial charge in [0.2, 0.25) is 0 Å². The number of ether oxygens (including phenoxy) is 2. The summed E-state index contributed by atoms with van der Waals surface area (Å²) < 4.78 is 12.4. The lowest BCUT2D eigenvalue weighted by molar-refractivity contribution is -0.203. The van der Waals surface area contributed by atoms with Gasteiger partial charge in [0.1, 0.15) is 12.7 Å². The van der Waals surface area contributed by atoms with Crippen molar-refractivity contribution in [1.29, 1.82) is 0 Å². The van der Waals surface area contributed by atoms with Crippen LogP contribution in [0.4, 0.5) is 0 Å². The summed E-state index contributed by atoms with van der Waals surface area (Å²) in [5.74, 6) is 0.948. The number of hydrogen-bond acceptors (Lipinski definition) is 6. The molecule has 0 aromatic heterocycles. The van der Waals surface area contributed by atoms with Gasteiger partial charge in [0, 0.05) is 12.5 Å². The van der Waals surface area contributed by atoms with Crippen molar-refractivity contribution in [2.75, 3.05) is 19.6 Å². The van der Waals surface area contributed by atoms with E-state index in [2.05, 4.69) is 59.4 Å². The fourth-order valence-electron chi connectivity index (χ4n) is 14.0. The summed E-state index contributed by atoms with van der Waals surface area (Å²) in [6.07, 6.45) is 12.8. The molecule has 3 saturated heterocycles. The SMILES string of the molecule is CC1(C)[C@@H](C(=O)O[C@H]2CN3CCC2CC3)CC[C@]2(C)C3C(=O)C=C4[C@@H]5C[C@@](C)(C(=O)OCc6ccccc6)CC[C@]5(C)CC[C@@]4(C)[C@]3(C)CC[C@@H]12. The summed E-state index contributed by atoms with van der Waals surface area (Å²) in [4.78, 5) is 45.2. The minimum atomic E-state index is -0.575. The maximum absolute atomic E-state index is 14.9. The van der Waals surface area contributed by atoms with Gasteiger partial charge in [-0.3, -0.25) is 19.3 Å². The van der Waals surface area contributed by atoms with Crippen molar-refractivity contribution in [3.63, 3.8) is 0 Å². The van der Waals surface area contributed by atoms with Crippen LogP contribution in [0.2, 0.25) is 0 Å². The Morgan fingerprint density at radius 3 is 2.24 bits per heavy atom. The zero-order chi connectivity index (χ0) is 36.2. The first-order valence-corrected chi connectivity index (χ1v) is 20.4. The number of piperidine rings is 3. The molecule has 8 aliphatic rings. The van der Waals surface area contributed by atoms with Crippen molar-refractivity contribution in [2.24, 2.45) is 62.1 Å². The van der Waals surface area contributed by atoms with Gasteiger partial charge in [-0.15, -0.1) is 0 Å². The Kier molecular flexibility index (Phi) is 8.38. The van der Waals surface area contributed by atoms with E-state index in [1.54, 1.807) is 0 Å². The number of hydrogen-bond donors (Lipinski definition) is 0. The van der Waals surface area contributed by atoms with Crippen LogP contribution in [0.25, 0.3) is 0 Å². The van der Waals surface area contributed by atoms with Crippen LogP contribution in [-0.4, -0.2) is 48.4 Å². The Morgan fingerprint density at radius 2 is 1.55 bits per heavy atom. The molecule has 278 valence electrons. The van der Waals surface area contributed by atoms with E-state index >= 15 is 0 Å². The van der Waals surface area contributed by atoms with Gasteiger partial charge in [0.25, 0.3) is 0 Å². The van der Waals surface area contributed by atoms with Crippen molar-refractivity contribution in [3.05, 3.63) is 47.5 Å². The van der Waals surface area contributed by atoms with Crippen molar-refractivity contribution in [2.45, 2.75) is 132 Å². The highest BCUT2D eigenvalue weighted by Crippen LogP contribution is 2.75. The summed E-state index contributed by atoms with van der Waals surface area (Å²) in [6, 6.07) is 9.95. The monoisotopic (exact) mass is 697 g/mol. The Hall–Kier alpha value is -2.47. The Labute approximate surface area is 306 Å². The molecule has 6 nitrogen and oxygen atoms in total. The van der Waals surface area contributed by atoms with Crippen molar-refractivity contribution in [1.82, 2.24) is 4.90 Å². The fraction of sp³-hybridized carbons (Fsp3) is 0.756. The van der Waals surface area contributed by atoms with Gasteiger partial charge in [-0.25, -0.2) is 0 Å². The molecule has 1 aromatic carbocycles. The number of nitrogens with zero attached hydrogens (tertiary/aromatic N) is 1. The molecular formula is C45H63NO5. The lowest BCUT2D eigenvalue weighted by Gasteiger charge is -2.70. The highest BCUT2D eigenvalue weighted by Gasteiger charge is 2.70. The number of esters is 2. The number of carbonyl (C=O) groups excluding carboxylic acids is 3. The topological polar surface area (TPSA) is 72.9 Å². The van der Waals surface area contributed by atoms with Crippen LogP contribution in [-0.2, 0) is 30.5 Å². The van der Waals surface area contributed by atoms with E-state index in [-0.39, 0.29) is 68.8 Å². The van der Waals surface area contributed by atoms with Crippen LogP contribution in [0.15, 0.2) is 42.0 Å². The van der Waals surface area contributed by atoms with E-state index in [1.165, 1.54) is 5.57 Å². The van der Waals surface area contributed by atoms with Crippen LogP contribution in [0.3, 0.4) is 0 Å². The van der Waals surface area contributed by atoms with E-state index in [9.17, 15) is 14.4 Å². The van der Waals surface area contributed by atoms with E-state index in [1.807, 2.05) is 30.3 Å². The summed E-state index contributed by atoms with van der Waals surface area (Å²) >= 11 is 0. The molecule has 6 heteroatoms. The first kappa shape index (κ1) is 35.6. The Morgan fingerprint density at radius 1 is 0.843 bits per heavy atom. The quantitative estimate of drug-likeness (QED) is 0.286. The molecule has 4 saturated carbocycles. The zero-order valence-electron chi connectivity index (χ0n) is 32.5. The lowest BCUT2D eigenvalue weighted by Crippen LogP contribution is -2.66. The largest absolute Gasteiger partial charge is 0.460 e. The van der Waals surface area contributed by atoms with Crippen LogP contribution in [0.1, 0.15) is 125 Å². The number of benzene rings is 1. The van der Waals surface area contributed by atoms with Gasteiger partial charge in [-0.2, -0.15) is 0 Å². The number of fused-ring (bicyclic) bond motifs is 10. The van der Waals surface area contributed by atoms with Gasteiger partial charge < -0.3 is 9.47 Å². The Bertz CT molecular complexity index is 1610. The fourth-order valence-corrected chi connectivity index (χ4v) is 14.0.